The predicted molar refractivity (Wildman–Crippen MR) is 89.2 cm³/mol. The molecule has 0 radical (unpaired) electrons. The van der Waals surface area contributed by atoms with Gasteiger partial charge in [-0.1, -0.05) is 0 Å². The Balaban J connectivity index is 0. The van der Waals surface area contributed by atoms with Gasteiger partial charge in [-0.2, -0.15) is 0 Å². The van der Waals surface area contributed by atoms with Gasteiger partial charge in [-0.05, 0) is 13.3 Å². The molecule has 0 unspecified atom stereocenters. The first-order chi connectivity index (χ1) is 8.61. The molecule has 0 spiro atoms. The molecule has 0 saturated carbocycles. The van der Waals surface area contributed by atoms with E-state index in [1.54, 1.807) is 26.0 Å². The summed E-state index contributed by atoms with van der Waals surface area (Å²) in [6.07, 6.45) is 1.40. The monoisotopic (exact) mass is 386 g/mol. The minimum Gasteiger partial charge on any atom is -0.382 e. The van der Waals surface area contributed by atoms with E-state index in [4.69, 9.17) is 4.74 Å². The van der Waals surface area contributed by atoms with Crippen LogP contribution in [0.25, 0.3) is 0 Å². The van der Waals surface area contributed by atoms with Crippen LogP contribution in [0, 0.1) is 0 Å². The first-order valence-electron chi connectivity index (χ1n) is 6.34. The summed E-state index contributed by atoms with van der Waals surface area (Å²) in [6.45, 7) is 4.87. The van der Waals surface area contributed by atoms with Crippen molar-refractivity contribution in [3.8, 4) is 0 Å². The highest BCUT2D eigenvalue weighted by molar-refractivity contribution is 14.0. The third kappa shape index (κ3) is 12.2. The Morgan fingerprint density at radius 3 is 2.42 bits per heavy atom. The summed E-state index contributed by atoms with van der Waals surface area (Å²) in [7, 11) is 5.22. The van der Waals surface area contributed by atoms with E-state index in [9.17, 15) is 4.79 Å². The predicted octanol–water partition coefficient (Wildman–Crippen LogP) is 0.674. The van der Waals surface area contributed by atoms with Crippen LogP contribution in [0.15, 0.2) is 4.99 Å². The maximum atomic E-state index is 11.4. The van der Waals surface area contributed by atoms with Crippen LogP contribution >= 0.6 is 24.0 Å². The van der Waals surface area contributed by atoms with E-state index >= 15 is 0 Å². The Bertz CT molecular complexity index is 260. The highest BCUT2D eigenvalue weighted by Gasteiger charge is 2.03. The number of hydrogen-bond donors (Lipinski definition) is 2. The van der Waals surface area contributed by atoms with Gasteiger partial charge in [-0.3, -0.25) is 9.79 Å². The number of guanidine groups is 1. The highest BCUT2D eigenvalue weighted by atomic mass is 127. The van der Waals surface area contributed by atoms with E-state index < -0.39 is 0 Å². The Kier molecular flexibility index (Phi) is 15.1. The fourth-order valence-corrected chi connectivity index (χ4v) is 1.26. The molecule has 0 aromatic heterocycles. The highest BCUT2D eigenvalue weighted by Crippen LogP contribution is 1.85. The van der Waals surface area contributed by atoms with Crippen molar-refractivity contribution < 1.29 is 9.53 Å². The van der Waals surface area contributed by atoms with Crippen molar-refractivity contribution in [2.45, 2.75) is 19.8 Å². The van der Waals surface area contributed by atoms with E-state index in [1.165, 1.54) is 0 Å². The zero-order valence-corrected chi connectivity index (χ0v) is 14.7. The minimum atomic E-state index is 0. The second kappa shape index (κ2) is 13.9. The standard InChI is InChI=1S/C12H26N4O2.HI/c1-5-18-10-6-8-14-12(13-2)15-9-7-11(17)16(3)4;/h5-10H2,1-4H3,(H2,13,14,15);1H. The quantitative estimate of drug-likeness (QED) is 0.279. The number of ether oxygens (including phenoxy) is 1. The molecule has 114 valence electrons. The second-order valence-electron chi connectivity index (χ2n) is 4.01. The molecule has 0 fully saturated rings. The molecular formula is C12H27IN4O2. The number of rotatable bonds is 8. The lowest BCUT2D eigenvalue weighted by molar-refractivity contribution is -0.128. The van der Waals surface area contributed by atoms with Crippen LogP contribution in [0.4, 0.5) is 0 Å². The molecule has 0 aromatic rings. The zero-order valence-electron chi connectivity index (χ0n) is 12.4. The van der Waals surface area contributed by atoms with Gasteiger partial charge in [0.25, 0.3) is 0 Å². The maximum absolute atomic E-state index is 11.4. The van der Waals surface area contributed by atoms with Gasteiger partial charge in [0.15, 0.2) is 5.96 Å². The van der Waals surface area contributed by atoms with Gasteiger partial charge in [0.05, 0.1) is 0 Å². The summed E-state index contributed by atoms with van der Waals surface area (Å²) >= 11 is 0. The van der Waals surface area contributed by atoms with E-state index in [1.807, 2.05) is 6.92 Å². The Morgan fingerprint density at radius 2 is 1.89 bits per heavy atom. The first kappa shape index (κ1) is 20.7. The van der Waals surface area contributed by atoms with Crippen LogP contribution in [0.2, 0.25) is 0 Å². The van der Waals surface area contributed by atoms with Gasteiger partial charge < -0.3 is 20.3 Å². The average Bonchev–Trinajstić information content (AvgIpc) is 2.36. The topological polar surface area (TPSA) is 66.0 Å². The molecule has 0 aliphatic carbocycles. The number of carbonyl (C=O) groups excluding carboxylic acids is 1. The second-order valence-corrected chi connectivity index (χ2v) is 4.01. The van der Waals surface area contributed by atoms with Crippen molar-refractivity contribution in [3.63, 3.8) is 0 Å². The summed E-state index contributed by atoms with van der Waals surface area (Å²) in [5.41, 5.74) is 0. The van der Waals surface area contributed by atoms with E-state index in [-0.39, 0.29) is 29.9 Å². The van der Waals surface area contributed by atoms with Crippen LogP contribution in [0.1, 0.15) is 19.8 Å². The third-order valence-electron chi connectivity index (χ3n) is 2.32. The molecule has 2 N–H and O–H groups in total. The minimum absolute atomic E-state index is 0. The van der Waals surface area contributed by atoms with Crippen LogP contribution in [-0.4, -0.2) is 64.2 Å². The molecule has 0 heterocycles. The van der Waals surface area contributed by atoms with Crippen LogP contribution in [-0.2, 0) is 9.53 Å². The summed E-state index contributed by atoms with van der Waals surface area (Å²) in [6, 6.07) is 0. The molecule has 0 aromatic carbocycles. The Morgan fingerprint density at radius 1 is 1.26 bits per heavy atom. The number of carbonyl (C=O) groups is 1. The van der Waals surface area contributed by atoms with Crippen molar-refractivity contribution in [3.05, 3.63) is 0 Å². The first-order valence-corrected chi connectivity index (χ1v) is 6.34. The number of aliphatic imine (C=N–C) groups is 1. The van der Waals surface area contributed by atoms with Crippen LogP contribution < -0.4 is 10.6 Å². The summed E-state index contributed by atoms with van der Waals surface area (Å²) < 4.78 is 5.24. The molecule has 0 aliphatic heterocycles. The largest absolute Gasteiger partial charge is 0.382 e. The van der Waals surface area contributed by atoms with Crippen LogP contribution in [0.5, 0.6) is 0 Å². The van der Waals surface area contributed by atoms with Crippen molar-refractivity contribution in [1.82, 2.24) is 15.5 Å². The van der Waals surface area contributed by atoms with Gasteiger partial charge in [-0.15, -0.1) is 24.0 Å². The molecular weight excluding hydrogens is 359 g/mol. The lowest BCUT2D eigenvalue weighted by Crippen LogP contribution is -2.39. The van der Waals surface area contributed by atoms with Crippen molar-refractivity contribution in [2.24, 2.45) is 4.99 Å². The molecule has 0 bridgehead atoms. The molecule has 7 heteroatoms. The number of halogens is 1. The van der Waals surface area contributed by atoms with Crippen molar-refractivity contribution in [1.29, 1.82) is 0 Å². The number of nitrogens with zero attached hydrogens (tertiary/aromatic N) is 2. The SMILES string of the molecule is CCOCCCNC(=NC)NCCC(=O)N(C)C.I. The van der Waals surface area contributed by atoms with Crippen molar-refractivity contribution >= 4 is 35.8 Å². The number of hydrogen-bond acceptors (Lipinski definition) is 3. The van der Waals surface area contributed by atoms with Gasteiger partial charge in [0, 0.05) is 53.9 Å². The molecule has 19 heavy (non-hydrogen) atoms. The third-order valence-corrected chi connectivity index (χ3v) is 2.32. The molecule has 1 amide bonds. The number of nitrogens with one attached hydrogen (secondary N) is 2. The zero-order chi connectivity index (χ0) is 13.8. The lowest BCUT2D eigenvalue weighted by Gasteiger charge is -2.13. The van der Waals surface area contributed by atoms with Crippen LogP contribution in [0.3, 0.4) is 0 Å². The molecule has 0 atom stereocenters. The van der Waals surface area contributed by atoms with E-state index in [2.05, 4.69) is 15.6 Å². The van der Waals surface area contributed by atoms with E-state index in [0.29, 0.717) is 13.0 Å². The average molecular weight is 386 g/mol. The van der Waals surface area contributed by atoms with Gasteiger partial charge in [-0.25, -0.2) is 0 Å². The summed E-state index contributed by atoms with van der Waals surface area (Å²) in [5, 5.41) is 6.26. The van der Waals surface area contributed by atoms with Crippen molar-refractivity contribution in [2.75, 3.05) is 47.4 Å². The molecule has 0 rings (SSSR count). The summed E-state index contributed by atoms with van der Waals surface area (Å²) in [4.78, 5) is 17.0. The summed E-state index contributed by atoms with van der Waals surface area (Å²) in [5.74, 6) is 0.826. The maximum Gasteiger partial charge on any atom is 0.223 e. The fourth-order valence-electron chi connectivity index (χ4n) is 1.26. The molecule has 0 aliphatic rings. The normalized spacial score (nSPS) is 10.6. The van der Waals surface area contributed by atoms with Gasteiger partial charge in [0.1, 0.15) is 0 Å². The lowest BCUT2D eigenvalue weighted by atomic mass is 10.4. The van der Waals surface area contributed by atoms with Gasteiger partial charge >= 0.3 is 0 Å². The smallest absolute Gasteiger partial charge is 0.223 e. The molecule has 6 nitrogen and oxygen atoms in total. The Hall–Kier alpha value is -0.570. The van der Waals surface area contributed by atoms with E-state index in [0.717, 1.165) is 32.1 Å². The molecule has 0 saturated heterocycles. The Labute approximate surface area is 133 Å². The van der Waals surface area contributed by atoms with Gasteiger partial charge in [0.2, 0.25) is 5.91 Å². The fraction of sp³-hybridized carbons (Fsp3) is 0.833. The number of amides is 1.